The molecule has 1 aliphatic heterocycles. The zero-order valence-corrected chi connectivity index (χ0v) is 10.4. The van der Waals surface area contributed by atoms with Crippen LogP contribution in [0.4, 0.5) is 0 Å². The van der Waals surface area contributed by atoms with E-state index in [-0.39, 0.29) is 0 Å². The van der Waals surface area contributed by atoms with E-state index in [4.69, 9.17) is 19.8 Å². The van der Waals surface area contributed by atoms with E-state index < -0.39 is 42.9 Å². The largest absolute Gasteiger partial charge is 0.394 e. The van der Waals surface area contributed by atoms with E-state index in [1.165, 1.54) is 6.92 Å². The highest BCUT2D eigenvalue weighted by atomic mass is 16.7. The average molecular weight is 261 g/mol. The van der Waals surface area contributed by atoms with Crippen molar-refractivity contribution < 1.29 is 29.9 Å². The van der Waals surface area contributed by atoms with Crippen LogP contribution in [0.3, 0.4) is 0 Å². The van der Waals surface area contributed by atoms with Gasteiger partial charge in [0, 0.05) is 0 Å². The Kier molecular flexibility index (Phi) is 5.04. The second-order valence-electron chi connectivity index (χ2n) is 4.51. The molecule has 4 N–H and O–H groups in total. The first-order valence-corrected chi connectivity index (χ1v) is 5.78. The third kappa shape index (κ3) is 2.98. The van der Waals surface area contributed by atoms with Crippen molar-refractivity contribution in [3.05, 3.63) is 0 Å². The summed E-state index contributed by atoms with van der Waals surface area (Å²) in [6, 6.07) is 1.93. The lowest BCUT2D eigenvalue weighted by Crippen LogP contribution is -2.60. The molecule has 6 atom stereocenters. The number of nitriles is 1. The number of aliphatic hydroxyl groups is 4. The van der Waals surface area contributed by atoms with Crippen molar-refractivity contribution in [2.75, 3.05) is 6.61 Å². The maximum Gasteiger partial charge on any atom is 0.188 e. The zero-order chi connectivity index (χ0) is 13.9. The fraction of sp³-hybridized carbons (Fsp3) is 0.909. The Bertz CT molecular complexity index is 317. The molecule has 7 heteroatoms. The van der Waals surface area contributed by atoms with Crippen LogP contribution in [0.2, 0.25) is 0 Å². The lowest BCUT2D eigenvalue weighted by Gasteiger charge is -2.41. The van der Waals surface area contributed by atoms with E-state index >= 15 is 0 Å². The molecule has 0 bridgehead atoms. The molecule has 0 spiro atoms. The van der Waals surface area contributed by atoms with Gasteiger partial charge in [-0.3, -0.25) is 0 Å². The third-order valence-electron chi connectivity index (χ3n) is 3.14. The molecule has 6 unspecified atom stereocenters. The molecule has 0 aliphatic carbocycles. The zero-order valence-electron chi connectivity index (χ0n) is 10.4. The van der Waals surface area contributed by atoms with E-state index in [9.17, 15) is 15.3 Å². The molecule has 0 aromatic carbocycles. The van der Waals surface area contributed by atoms with Crippen molar-refractivity contribution in [3.8, 4) is 6.07 Å². The standard InChI is InChI=1S/C11H19NO6/c1-3-11(2,5-12)18-10-9(16)8(15)7(14)6(4-13)17-10/h6-10,13-16H,3-4H2,1-2H3. The Labute approximate surface area is 105 Å². The van der Waals surface area contributed by atoms with Crippen LogP contribution in [0.15, 0.2) is 0 Å². The maximum absolute atomic E-state index is 9.72. The molecule has 1 fully saturated rings. The van der Waals surface area contributed by atoms with Crippen LogP contribution in [-0.4, -0.2) is 63.3 Å². The molecule has 1 aliphatic rings. The van der Waals surface area contributed by atoms with Gasteiger partial charge in [-0.15, -0.1) is 0 Å². The Balaban J connectivity index is 2.80. The van der Waals surface area contributed by atoms with Crippen LogP contribution in [0.25, 0.3) is 0 Å². The van der Waals surface area contributed by atoms with Gasteiger partial charge in [0.25, 0.3) is 0 Å². The summed E-state index contributed by atoms with van der Waals surface area (Å²) in [5.41, 5.74) is -1.17. The fourth-order valence-electron chi connectivity index (χ4n) is 1.61. The maximum atomic E-state index is 9.72. The van der Waals surface area contributed by atoms with Gasteiger partial charge in [-0.25, -0.2) is 0 Å². The molecule has 0 amide bonds. The molecular weight excluding hydrogens is 242 g/mol. The molecule has 18 heavy (non-hydrogen) atoms. The topological polar surface area (TPSA) is 123 Å². The van der Waals surface area contributed by atoms with Crippen molar-refractivity contribution in [2.45, 2.75) is 56.6 Å². The first kappa shape index (κ1) is 15.3. The molecular formula is C11H19NO6. The van der Waals surface area contributed by atoms with Crippen molar-refractivity contribution in [3.63, 3.8) is 0 Å². The molecule has 1 rings (SSSR count). The number of rotatable bonds is 4. The van der Waals surface area contributed by atoms with E-state index in [1.807, 2.05) is 6.07 Å². The first-order valence-electron chi connectivity index (χ1n) is 5.78. The summed E-state index contributed by atoms with van der Waals surface area (Å²) in [6.07, 6.45) is -6.36. The summed E-state index contributed by atoms with van der Waals surface area (Å²) in [6.45, 7) is 2.72. The van der Waals surface area contributed by atoms with E-state index in [1.54, 1.807) is 6.92 Å². The summed E-state index contributed by atoms with van der Waals surface area (Å²) in [5, 5.41) is 46.8. The van der Waals surface area contributed by atoms with Crippen LogP contribution < -0.4 is 0 Å². The van der Waals surface area contributed by atoms with Crippen molar-refractivity contribution >= 4 is 0 Å². The fourth-order valence-corrected chi connectivity index (χ4v) is 1.61. The highest BCUT2D eigenvalue weighted by molar-refractivity contribution is 4.99. The van der Waals surface area contributed by atoms with E-state index in [0.29, 0.717) is 6.42 Å². The van der Waals surface area contributed by atoms with Gasteiger partial charge in [0.05, 0.1) is 12.7 Å². The predicted molar refractivity (Wildman–Crippen MR) is 59.2 cm³/mol. The van der Waals surface area contributed by atoms with Crippen molar-refractivity contribution in [1.82, 2.24) is 0 Å². The highest BCUT2D eigenvalue weighted by Crippen LogP contribution is 2.26. The second-order valence-corrected chi connectivity index (χ2v) is 4.51. The summed E-state index contributed by atoms with van der Waals surface area (Å²) >= 11 is 0. The molecule has 7 nitrogen and oxygen atoms in total. The predicted octanol–water partition coefficient (Wildman–Crippen LogP) is -1.50. The summed E-state index contributed by atoms with van der Waals surface area (Å²) in [7, 11) is 0. The molecule has 0 aromatic heterocycles. The number of nitrogens with zero attached hydrogens (tertiary/aromatic N) is 1. The molecule has 1 heterocycles. The van der Waals surface area contributed by atoms with Gasteiger partial charge in [-0.2, -0.15) is 5.26 Å². The van der Waals surface area contributed by atoms with Gasteiger partial charge in [-0.05, 0) is 13.3 Å². The number of hydrogen-bond acceptors (Lipinski definition) is 7. The molecule has 0 radical (unpaired) electrons. The van der Waals surface area contributed by atoms with Gasteiger partial charge >= 0.3 is 0 Å². The second kappa shape index (κ2) is 5.93. The Morgan fingerprint density at radius 2 is 1.89 bits per heavy atom. The average Bonchev–Trinajstić information content (AvgIpc) is 2.39. The highest BCUT2D eigenvalue weighted by Gasteiger charge is 2.46. The SMILES string of the molecule is CCC(C)(C#N)OC1OC(CO)C(O)C(O)C1O. The van der Waals surface area contributed by atoms with E-state index in [2.05, 4.69) is 0 Å². The molecule has 0 aromatic rings. The Hall–Kier alpha value is -0.750. The van der Waals surface area contributed by atoms with Crippen LogP contribution >= 0.6 is 0 Å². The minimum atomic E-state index is -1.50. The third-order valence-corrected chi connectivity index (χ3v) is 3.14. The lowest BCUT2D eigenvalue weighted by atomic mass is 9.98. The Morgan fingerprint density at radius 1 is 1.28 bits per heavy atom. The molecule has 104 valence electrons. The smallest absolute Gasteiger partial charge is 0.188 e. The van der Waals surface area contributed by atoms with Gasteiger partial charge in [-0.1, -0.05) is 6.92 Å². The monoisotopic (exact) mass is 261 g/mol. The van der Waals surface area contributed by atoms with Crippen LogP contribution in [0, 0.1) is 11.3 Å². The quantitative estimate of drug-likeness (QED) is 0.485. The van der Waals surface area contributed by atoms with E-state index in [0.717, 1.165) is 0 Å². The van der Waals surface area contributed by atoms with Crippen LogP contribution in [0.1, 0.15) is 20.3 Å². The van der Waals surface area contributed by atoms with Gasteiger partial charge in [0.2, 0.25) is 0 Å². The minimum Gasteiger partial charge on any atom is -0.394 e. The molecule has 1 saturated heterocycles. The number of aliphatic hydroxyl groups excluding tert-OH is 4. The first-order chi connectivity index (χ1) is 8.38. The lowest BCUT2D eigenvalue weighted by molar-refractivity contribution is -0.318. The van der Waals surface area contributed by atoms with Gasteiger partial charge in [0.15, 0.2) is 11.9 Å². The summed E-state index contributed by atoms with van der Waals surface area (Å²) < 4.78 is 10.5. The van der Waals surface area contributed by atoms with Crippen LogP contribution in [0.5, 0.6) is 0 Å². The van der Waals surface area contributed by atoms with Gasteiger partial charge < -0.3 is 29.9 Å². The normalized spacial score (nSPS) is 39.9. The summed E-state index contributed by atoms with van der Waals surface area (Å²) in [4.78, 5) is 0. The van der Waals surface area contributed by atoms with Crippen molar-refractivity contribution in [2.24, 2.45) is 0 Å². The van der Waals surface area contributed by atoms with Crippen LogP contribution in [-0.2, 0) is 9.47 Å². The number of ether oxygens (including phenoxy) is 2. The Morgan fingerprint density at radius 3 is 2.33 bits per heavy atom. The van der Waals surface area contributed by atoms with Crippen molar-refractivity contribution in [1.29, 1.82) is 5.26 Å². The minimum absolute atomic E-state index is 0.360. The summed E-state index contributed by atoms with van der Waals surface area (Å²) in [5.74, 6) is 0. The van der Waals surface area contributed by atoms with Gasteiger partial charge in [0.1, 0.15) is 24.4 Å². The molecule has 0 saturated carbocycles. The number of hydrogen-bond donors (Lipinski definition) is 4.